The molecule has 13 heteroatoms. The van der Waals surface area contributed by atoms with Gasteiger partial charge in [0.15, 0.2) is 0 Å². The Morgan fingerprint density at radius 2 is 1.19 bits per heavy atom. The van der Waals surface area contributed by atoms with Crippen LogP contribution >= 0.6 is 22.6 Å². The van der Waals surface area contributed by atoms with Crippen molar-refractivity contribution >= 4 is 22.6 Å². The highest BCUT2D eigenvalue weighted by molar-refractivity contribution is 14.1. The van der Waals surface area contributed by atoms with E-state index in [1.165, 1.54) is 0 Å². The Kier molecular flexibility index (Phi) is 5.83. The van der Waals surface area contributed by atoms with Crippen molar-refractivity contribution in [2.45, 2.75) is 47.5 Å². The minimum Gasteiger partial charge on any atom is -0.269 e. The van der Waals surface area contributed by atoms with Crippen molar-refractivity contribution in [3.63, 3.8) is 0 Å². The molecule has 0 bridgehead atoms. The van der Waals surface area contributed by atoms with Crippen LogP contribution in [0, 0.1) is 0 Å². The Balaban J connectivity index is 5.64. The molecular formula is C8H6F11IO. The van der Waals surface area contributed by atoms with E-state index >= 15 is 0 Å². The second kappa shape index (κ2) is 5.85. The fraction of sp³-hybridized carbons (Fsp3) is 1.00. The molecule has 2 atom stereocenters. The maximum absolute atomic E-state index is 13.4. The zero-order valence-corrected chi connectivity index (χ0v) is 11.9. The molecule has 0 aromatic rings. The van der Waals surface area contributed by atoms with Crippen LogP contribution in [0.2, 0.25) is 0 Å². The third kappa shape index (κ3) is 4.45. The van der Waals surface area contributed by atoms with Gasteiger partial charge in [0.1, 0.15) is 0 Å². The van der Waals surface area contributed by atoms with E-state index in [0.29, 0.717) is 0 Å². The van der Waals surface area contributed by atoms with Crippen LogP contribution in [0.3, 0.4) is 0 Å². The van der Waals surface area contributed by atoms with Crippen LogP contribution < -0.4 is 0 Å². The predicted octanol–water partition coefficient (Wildman–Crippen LogP) is 5.24. The van der Waals surface area contributed by atoms with Gasteiger partial charge in [0, 0.05) is 10.3 Å². The van der Waals surface area contributed by atoms with Crippen molar-refractivity contribution in [2.24, 2.45) is 0 Å². The third-order valence-electron chi connectivity index (χ3n) is 1.98. The normalized spacial score (nSPS) is 19.3. The number of ether oxygens (including phenoxy) is 1. The first-order chi connectivity index (χ1) is 8.87. The van der Waals surface area contributed by atoms with Crippen molar-refractivity contribution in [2.75, 3.05) is 0 Å². The van der Waals surface area contributed by atoms with E-state index in [1.54, 1.807) is 0 Å². The van der Waals surface area contributed by atoms with Crippen LogP contribution in [-0.4, -0.2) is 34.2 Å². The summed E-state index contributed by atoms with van der Waals surface area (Å²) < 4.78 is 137. The number of hydrogen-bond donors (Lipinski definition) is 0. The molecule has 0 amide bonds. The van der Waals surface area contributed by atoms with E-state index in [0.717, 1.165) is 29.5 Å². The fourth-order valence-corrected chi connectivity index (χ4v) is 1.58. The highest BCUT2D eigenvalue weighted by Gasteiger charge is 2.78. The van der Waals surface area contributed by atoms with Crippen LogP contribution in [-0.2, 0) is 4.74 Å². The molecule has 0 radical (unpaired) electrons. The number of alkyl halides is 12. The summed E-state index contributed by atoms with van der Waals surface area (Å²) >= 11 is 1.12. The van der Waals surface area contributed by atoms with Crippen molar-refractivity contribution in [1.29, 1.82) is 0 Å². The highest BCUT2D eigenvalue weighted by Crippen LogP contribution is 2.52. The number of halogens is 12. The Bertz CT molecular complexity index is 360. The summed E-state index contributed by atoms with van der Waals surface area (Å²) in [5.41, 5.74) is 0. The quantitative estimate of drug-likeness (QED) is 0.314. The van der Waals surface area contributed by atoms with E-state index in [4.69, 9.17) is 0 Å². The molecule has 0 fully saturated rings. The van der Waals surface area contributed by atoms with Gasteiger partial charge >= 0.3 is 30.2 Å². The second-order valence-corrected chi connectivity index (χ2v) is 6.03. The van der Waals surface area contributed by atoms with Crippen molar-refractivity contribution < 1.29 is 53.0 Å². The average molecular weight is 454 g/mol. The van der Waals surface area contributed by atoms with Gasteiger partial charge in [-0.25, -0.2) is 4.39 Å². The van der Waals surface area contributed by atoms with Gasteiger partial charge in [-0.2, -0.15) is 43.9 Å². The van der Waals surface area contributed by atoms with Crippen LogP contribution in [0.4, 0.5) is 48.3 Å². The highest BCUT2D eigenvalue weighted by atomic mass is 127. The van der Waals surface area contributed by atoms with E-state index in [2.05, 4.69) is 4.74 Å². The monoisotopic (exact) mass is 454 g/mol. The van der Waals surface area contributed by atoms with Gasteiger partial charge in [-0.15, -0.1) is 0 Å². The lowest BCUT2D eigenvalue weighted by molar-refractivity contribution is -0.483. The first-order valence-corrected chi connectivity index (χ1v) is 6.04. The summed E-state index contributed by atoms with van der Waals surface area (Å²) in [4.78, 5) is 0. The molecule has 0 aliphatic carbocycles. The first-order valence-electron chi connectivity index (χ1n) is 4.79. The van der Waals surface area contributed by atoms with Crippen LogP contribution in [0.5, 0.6) is 0 Å². The van der Waals surface area contributed by atoms with Gasteiger partial charge < -0.3 is 0 Å². The summed E-state index contributed by atoms with van der Waals surface area (Å²) in [7, 11) is 0. The van der Waals surface area contributed by atoms with Crippen molar-refractivity contribution in [3.05, 3.63) is 0 Å². The maximum Gasteiger partial charge on any atom is 0.462 e. The molecule has 0 saturated carbocycles. The Morgan fingerprint density at radius 3 is 1.43 bits per heavy atom. The van der Waals surface area contributed by atoms with Crippen molar-refractivity contribution in [1.82, 2.24) is 0 Å². The predicted molar refractivity (Wildman–Crippen MR) is 55.0 cm³/mol. The molecule has 0 unspecified atom stereocenters. The van der Waals surface area contributed by atoms with Gasteiger partial charge in [0.05, 0.1) is 0 Å². The van der Waals surface area contributed by atoms with Gasteiger partial charge in [0.25, 0.3) is 0 Å². The molecule has 128 valence electrons. The average Bonchev–Trinajstić information content (AvgIpc) is 2.10. The Labute approximate surface area is 123 Å². The zero-order valence-electron chi connectivity index (χ0n) is 9.73. The minimum atomic E-state index is -7.00. The smallest absolute Gasteiger partial charge is 0.269 e. The van der Waals surface area contributed by atoms with Crippen molar-refractivity contribution in [3.8, 4) is 0 Å². The Hall–Kier alpha value is -0.0800. The molecule has 0 saturated heterocycles. The second-order valence-electron chi connectivity index (χ2n) is 3.90. The molecule has 0 rings (SSSR count). The van der Waals surface area contributed by atoms with Crippen LogP contribution in [0.15, 0.2) is 0 Å². The summed E-state index contributed by atoms with van der Waals surface area (Å²) in [6.45, 7) is 0.879. The molecule has 0 aromatic heterocycles. The van der Waals surface area contributed by atoms with E-state index in [1.807, 2.05) is 0 Å². The SMILES string of the molecule is C[C@@H](I)C[C@@](F)(OC(F)(F)C(F)(F)C(F)(F)F)C(F)(F)F. The molecule has 0 N–H and O–H groups in total. The zero-order chi connectivity index (χ0) is 17.5. The number of hydrogen-bond acceptors (Lipinski definition) is 1. The molecule has 21 heavy (non-hydrogen) atoms. The first kappa shape index (κ1) is 20.9. The lowest BCUT2D eigenvalue weighted by Crippen LogP contribution is -2.59. The summed E-state index contributed by atoms with van der Waals surface area (Å²) in [5, 5.41) is 0. The molecule has 0 spiro atoms. The fourth-order valence-electron chi connectivity index (χ4n) is 1.01. The minimum absolute atomic E-state index is 0.879. The molecule has 0 aromatic carbocycles. The van der Waals surface area contributed by atoms with E-state index < -0.39 is 40.6 Å². The van der Waals surface area contributed by atoms with Gasteiger partial charge in [0.2, 0.25) is 0 Å². The molecular weight excluding hydrogens is 448 g/mol. The van der Waals surface area contributed by atoms with Crippen LogP contribution in [0.1, 0.15) is 13.3 Å². The van der Waals surface area contributed by atoms with Gasteiger partial charge in [-0.05, 0) is 0 Å². The maximum atomic E-state index is 13.4. The van der Waals surface area contributed by atoms with Crippen LogP contribution in [0.25, 0.3) is 0 Å². The van der Waals surface area contributed by atoms with Gasteiger partial charge in [-0.3, -0.25) is 4.74 Å². The van der Waals surface area contributed by atoms with E-state index in [-0.39, 0.29) is 0 Å². The molecule has 0 aliphatic rings. The van der Waals surface area contributed by atoms with Gasteiger partial charge in [-0.1, -0.05) is 29.5 Å². The standard InChI is InChI=1S/C8H6F11IO/c1-3(20)2-4(9,6(12,13)14)21-8(18,19)5(10,11)7(15,16)17/h3H,2H2,1H3/t3-,4-/m1/s1. The number of rotatable bonds is 5. The summed E-state index contributed by atoms with van der Waals surface area (Å²) in [6, 6.07) is 0. The Morgan fingerprint density at radius 1 is 0.810 bits per heavy atom. The third-order valence-corrected chi connectivity index (χ3v) is 2.42. The summed E-state index contributed by atoms with van der Waals surface area (Å²) in [5.74, 6) is -12.4. The lowest BCUT2D eigenvalue weighted by atomic mass is 10.1. The largest absolute Gasteiger partial charge is 0.462 e. The summed E-state index contributed by atoms with van der Waals surface area (Å²) in [6.07, 6.45) is -21.8. The topological polar surface area (TPSA) is 9.23 Å². The molecule has 1 nitrogen and oxygen atoms in total. The molecule has 0 aliphatic heterocycles. The molecule has 0 heterocycles. The lowest BCUT2D eigenvalue weighted by Gasteiger charge is -2.35. The van der Waals surface area contributed by atoms with E-state index in [9.17, 15) is 48.3 Å².